The molecule has 0 N–H and O–H groups in total. The average molecular weight is 495 g/mol. The maximum absolute atomic E-state index is 14.0. The van der Waals surface area contributed by atoms with Crippen molar-refractivity contribution in [1.29, 1.82) is 0 Å². The highest BCUT2D eigenvalue weighted by atomic mass is 32.1. The van der Waals surface area contributed by atoms with E-state index in [9.17, 15) is 14.0 Å². The van der Waals surface area contributed by atoms with Gasteiger partial charge in [0.05, 0.1) is 35.9 Å². The van der Waals surface area contributed by atoms with Crippen LogP contribution in [0.1, 0.15) is 52.1 Å². The second-order valence-corrected chi connectivity index (χ2v) is 9.28. The number of nitrogens with zero attached hydrogens (tertiary/aromatic N) is 2. The molecule has 0 saturated heterocycles. The molecule has 180 valence electrons. The molecule has 3 heterocycles. The van der Waals surface area contributed by atoms with Gasteiger partial charge in [0.2, 0.25) is 5.76 Å². The summed E-state index contributed by atoms with van der Waals surface area (Å²) < 4.78 is 31.4. The molecule has 1 atom stereocenters. The van der Waals surface area contributed by atoms with Gasteiger partial charge in [0.1, 0.15) is 11.4 Å². The SMILES string of the molecule is CCOc1ccc(C2c3c(oc4ccc(F)cc4c3=O)C(=O)N2c2nc(C)c(C)s2)cc1OCC. The quantitative estimate of drug-likeness (QED) is 0.349. The van der Waals surface area contributed by atoms with Gasteiger partial charge in [-0.25, -0.2) is 9.37 Å². The number of hydrogen-bond acceptors (Lipinski definition) is 7. The van der Waals surface area contributed by atoms with Crippen LogP contribution in [0.25, 0.3) is 11.0 Å². The maximum Gasteiger partial charge on any atom is 0.297 e. The first kappa shape index (κ1) is 23.0. The molecule has 35 heavy (non-hydrogen) atoms. The van der Waals surface area contributed by atoms with E-state index < -0.39 is 23.2 Å². The summed E-state index contributed by atoms with van der Waals surface area (Å²) in [6.45, 7) is 8.38. The fraction of sp³-hybridized carbons (Fsp3) is 0.269. The van der Waals surface area contributed by atoms with Gasteiger partial charge in [0.25, 0.3) is 5.91 Å². The standard InChI is InChI=1S/C26H23FN2O5S/c1-5-32-19-9-7-15(11-20(19)33-6-2)22-21-23(30)17-12-16(27)8-10-18(17)34-24(21)25(31)29(22)26-28-13(3)14(4)35-26/h7-12,22H,5-6H2,1-4H3. The van der Waals surface area contributed by atoms with Crippen molar-refractivity contribution >= 4 is 33.3 Å². The molecule has 9 heteroatoms. The Hall–Kier alpha value is -3.72. The number of halogens is 1. The molecule has 0 radical (unpaired) electrons. The van der Waals surface area contributed by atoms with E-state index in [0.717, 1.165) is 16.6 Å². The number of amides is 1. The molecule has 0 bridgehead atoms. The van der Waals surface area contributed by atoms with Crippen LogP contribution in [0.3, 0.4) is 0 Å². The Morgan fingerprint density at radius 2 is 1.80 bits per heavy atom. The number of aryl methyl sites for hydroxylation is 2. The van der Waals surface area contributed by atoms with E-state index in [4.69, 9.17) is 13.9 Å². The molecular weight excluding hydrogens is 471 g/mol. The zero-order valence-electron chi connectivity index (χ0n) is 19.7. The Bertz CT molecular complexity index is 1510. The third-order valence-electron chi connectivity index (χ3n) is 5.94. The average Bonchev–Trinajstić information content (AvgIpc) is 3.31. The molecule has 7 nitrogen and oxygen atoms in total. The first-order chi connectivity index (χ1) is 16.8. The predicted octanol–water partition coefficient (Wildman–Crippen LogP) is 5.55. The van der Waals surface area contributed by atoms with Crippen molar-refractivity contribution in [3.05, 3.63) is 79.9 Å². The number of aromatic nitrogens is 1. The molecule has 1 amide bonds. The highest BCUT2D eigenvalue weighted by molar-refractivity contribution is 7.15. The van der Waals surface area contributed by atoms with Crippen LogP contribution in [0, 0.1) is 19.7 Å². The third kappa shape index (κ3) is 3.76. The van der Waals surface area contributed by atoms with Gasteiger partial charge in [-0.05, 0) is 63.6 Å². The van der Waals surface area contributed by atoms with Crippen molar-refractivity contribution in [1.82, 2.24) is 4.98 Å². The molecule has 0 spiro atoms. The van der Waals surface area contributed by atoms with Crippen LogP contribution in [0.15, 0.2) is 45.6 Å². The number of hydrogen-bond donors (Lipinski definition) is 0. The van der Waals surface area contributed by atoms with Gasteiger partial charge >= 0.3 is 0 Å². The zero-order valence-corrected chi connectivity index (χ0v) is 20.5. The summed E-state index contributed by atoms with van der Waals surface area (Å²) in [6, 6.07) is 8.16. The predicted molar refractivity (Wildman–Crippen MR) is 131 cm³/mol. The number of benzene rings is 2. The fourth-order valence-electron chi connectivity index (χ4n) is 4.25. The summed E-state index contributed by atoms with van der Waals surface area (Å²) in [6.07, 6.45) is 0. The van der Waals surface area contributed by atoms with Gasteiger partial charge in [0.15, 0.2) is 22.1 Å². The van der Waals surface area contributed by atoms with Crippen LogP contribution in [0.2, 0.25) is 0 Å². The van der Waals surface area contributed by atoms with Crippen molar-refractivity contribution in [2.45, 2.75) is 33.7 Å². The minimum absolute atomic E-state index is 0.0727. The van der Waals surface area contributed by atoms with Gasteiger partial charge in [0, 0.05) is 4.88 Å². The minimum atomic E-state index is -0.832. The first-order valence-electron chi connectivity index (χ1n) is 11.3. The topological polar surface area (TPSA) is 81.9 Å². The van der Waals surface area contributed by atoms with E-state index in [0.29, 0.717) is 35.4 Å². The molecule has 2 aromatic carbocycles. The van der Waals surface area contributed by atoms with Crippen LogP contribution in [0.4, 0.5) is 9.52 Å². The summed E-state index contributed by atoms with van der Waals surface area (Å²) in [5.41, 5.74) is 1.25. The summed E-state index contributed by atoms with van der Waals surface area (Å²) in [5, 5.41) is 0.522. The van der Waals surface area contributed by atoms with Gasteiger partial charge in [-0.3, -0.25) is 14.5 Å². The minimum Gasteiger partial charge on any atom is -0.490 e. The molecule has 4 aromatic rings. The Labute approximate surface area is 204 Å². The lowest BCUT2D eigenvalue weighted by Crippen LogP contribution is -2.29. The molecular formula is C26H23FN2O5S. The number of rotatable bonds is 6. The summed E-state index contributed by atoms with van der Waals surface area (Å²) in [5.74, 6) is -0.0584. The summed E-state index contributed by atoms with van der Waals surface area (Å²) in [7, 11) is 0. The number of thiazole rings is 1. The Morgan fingerprint density at radius 1 is 1.06 bits per heavy atom. The van der Waals surface area contributed by atoms with Gasteiger partial charge in [-0.1, -0.05) is 6.07 Å². The number of ether oxygens (including phenoxy) is 2. The second-order valence-electron chi connectivity index (χ2n) is 8.10. The van der Waals surface area contributed by atoms with Crippen molar-refractivity contribution in [3.8, 4) is 11.5 Å². The lowest BCUT2D eigenvalue weighted by atomic mass is 9.98. The molecule has 1 aliphatic rings. The highest BCUT2D eigenvalue weighted by Crippen LogP contribution is 2.44. The van der Waals surface area contributed by atoms with Crippen molar-refractivity contribution in [3.63, 3.8) is 0 Å². The molecule has 0 saturated carbocycles. The largest absolute Gasteiger partial charge is 0.490 e. The van der Waals surface area contributed by atoms with Crippen LogP contribution < -0.4 is 19.8 Å². The van der Waals surface area contributed by atoms with Crippen molar-refractivity contribution < 1.29 is 23.1 Å². The van der Waals surface area contributed by atoms with Crippen LogP contribution >= 0.6 is 11.3 Å². The Kier molecular flexibility index (Phi) is 5.80. The summed E-state index contributed by atoms with van der Waals surface area (Å²) >= 11 is 1.36. The van der Waals surface area contributed by atoms with Gasteiger partial charge in [-0.15, -0.1) is 11.3 Å². The Balaban J connectivity index is 1.78. The molecule has 1 unspecified atom stereocenters. The second kappa shape index (κ2) is 8.81. The number of fused-ring (bicyclic) bond motifs is 2. The van der Waals surface area contributed by atoms with Crippen molar-refractivity contribution in [2.24, 2.45) is 0 Å². The van der Waals surface area contributed by atoms with Crippen LogP contribution in [-0.4, -0.2) is 24.1 Å². The highest BCUT2D eigenvalue weighted by Gasteiger charge is 2.45. The molecule has 0 aliphatic carbocycles. The monoisotopic (exact) mass is 494 g/mol. The molecule has 5 rings (SSSR count). The van der Waals surface area contributed by atoms with E-state index >= 15 is 0 Å². The Morgan fingerprint density at radius 3 is 2.49 bits per heavy atom. The van der Waals surface area contributed by atoms with Crippen molar-refractivity contribution in [2.75, 3.05) is 18.1 Å². The number of carbonyl (C=O) groups is 1. The summed E-state index contributed by atoms with van der Waals surface area (Å²) in [4.78, 5) is 34.3. The lowest BCUT2D eigenvalue weighted by molar-refractivity contribution is 0.0971. The maximum atomic E-state index is 14.0. The van der Waals surface area contributed by atoms with Gasteiger partial charge in [-0.2, -0.15) is 0 Å². The van der Waals surface area contributed by atoms with E-state index in [1.807, 2.05) is 27.7 Å². The van der Waals surface area contributed by atoms with Crippen LogP contribution in [-0.2, 0) is 0 Å². The first-order valence-corrected chi connectivity index (χ1v) is 12.1. The molecule has 1 aliphatic heterocycles. The fourth-order valence-corrected chi connectivity index (χ4v) is 5.19. The van der Waals surface area contributed by atoms with E-state index in [-0.39, 0.29) is 22.3 Å². The molecule has 2 aromatic heterocycles. The zero-order chi connectivity index (χ0) is 24.9. The van der Waals surface area contributed by atoms with E-state index in [2.05, 4.69) is 4.98 Å². The van der Waals surface area contributed by atoms with E-state index in [1.165, 1.54) is 28.4 Å². The normalized spacial score (nSPS) is 15.1. The third-order valence-corrected chi connectivity index (χ3v) is 7.01. The van der Waals surface area contributed by atoms with Crippen LogP contribution in [0.5, 0.6) is 11.5 Å². The molecule has 0 fully saturated rings. The van der Waals surface area contributed by atoms with E-state index in [1.54, 1.807) is 18.2 Å². The number of anilines is 1. The van der Waals surface area contributed by atoms with Gasteiger partial charge < -0.3 is 13.9 Å². The number of carbonyl (C=O) groups excluding carboxylic acids is 1. The smallest absolute Gasteiger partial charge is 0.297 e. The lowest BCUT2D eigenvalue weighted by Gasteiger charge is -2.23.